The summed E-state index contributed by atoms with van der Waals surface area (Å²) in [7, 11) is 0. The highest BCUT2D eigenvalue weighted by Crippen LogP contribution is 2.28. The van der Waals surface area contributed by atoms with E-state index in [1.54, 1.807) is 6.07 Å². The van der Waals surface area contributed by atoms with Crippen LogP contribution in [0.25, 0.3) is 10.2 Å². The number of urea groups is 1. The number of hydrogen-bond acceptors (Lipinski definition) is 4. The lowest BCUT2D eigenvalue weighted by Crippen LogP contribution is -2.33. The van der Waals surface area contributed by atoms with Gasteiger partial charge in [-0.2, -0.15) is 0 Å². The van der Waals surface area contributed by atoms with Crippen molar-refractivity contribution < 1.29 is 9.59 Å². The minimum atomic E-state index is -0.306. The molecule has 1 heterocycles. The van der Waals surface area contributed by atoms with Crippen molar-refractivity contribution in [3.63, 3.8) is 0 Å². The van der Waals surface area contributed by atoms with Crippen LogP contribution in [-0.4, -0.2) is 17.4 Å². The summed E-state index contributed by atoms with van der Waals surface area (Å²) in [4.78, 5) is 27.3. The van der Waals surface area contributed by atoms with E-state index in [0.29, 0.717) is 27.3 Å². The third-order valence-electron chi connectivity index (χ3n) is 5.80. The van der Waals surface area contributed by atoms with Gasteiger partial charge >= 0.3 is 6.03 Å². The minimum Gasteiger partial charge on any atom is -0.327 e. The zero-order chi connectivity index (χ0) is 27.8. The summed E-state index contributed by atoms with van der Waals surface area (Å²) in [5.41, 5.74) is 5.63. The summed E-state index contributed by atoms with van der Waals surface area (Å²) in [5.74, 6) is 0. The van der Waals surface area contributed by atoms with Gasteiger partial charge in [-0.05, 0) is 66.4 Å². The Labute approximate surface area is 241 Å². The number of rotatable bonds is 6. The molecule has 1 aromatic heterocycles. The Balaban J connectivity index is 0.000000270. The lowest BCUT2D eigenvalue weighted by Gasteiger charge is -2.20. The smallest absolute Gasteiger partial charge is 0.321 e. The number of fused-ring (bicyclic) bond motifs is 1. The molecule has 0 aliphatic carbocycles. The molecule has 0 radical (unpaired) electrons. The van der Waals surface area contributed by atoms with Gasteiger partial charge in [0.15, 0.2) is 5.13 Å². The molecule has 0 spiro atoms. The van der Waals surface area contributed by atoms with Crippen LogP contribution in [0.1, 0.15) is 28.3 Å². The normalized spacial score (nSPS) is 11.2. The van der Waals surface area contributed by atoms with E-state index >= 15 is 0 Å². The molecule has 6 nitrogen and oxygen atoms in total. The van der Waals surface area contributed by atoms with E-state index in [1.165, 1.54) is 16.9 Å². The van der Waals surface area contributed by atoms with Crippen LogP contribution in [0, 0.1) is 13.8 Å². The van der Waals surface area contributed by atoms with Gasteiger partial charge < -0.3 is 10.6 Å². The van der Waals surface area contributed by atoms with E-state index in [2.05, 4.69) is 27.0 Å². The zero-order valence-corrected chi connectivity index (χ0v) is 23.6. The van der Waals surface area contributed by atoms with E-state index in [0.717, 1.165) is 26.9 Å². The first-order valence-electron chi connectivity index (χ1n) is 12.0. The number of benzene rings is 4. The molecule has 0 saturated carbocycles. The molecular formula is C30H26Cl2N4O2S. The van der Waals surface area contributed by atoms with Gasteiger partial charge in [-0.1, -0.05) is 95.2 Å². The maximum absolute atomic E-state index is 12.7. The fourth-order valence-electron chi connectivity index (χ4n) is 3.88. The lowest BCUT2D eigenvalue weighted by atomic mass is 9.99. The van der Waals surface area contributed by atoms with Crippen LogP contribution in [0.2, 0.25) is 10.0 Å². The van der Waals surface area contributed by atoms with E-state index in [9.17, 15) is 9.59 Å². The van der Waals surface area contributed by atoms with Crippen LogP contribution < -0.4 is 16.0 Å². The molecule has 5 rings (SSSR count). The second-order valence-corrected chi connectivity index (χ2v) is 10.6. The topological polar surface area (TPSA) is 83.1 Å². The first kappa shape index (κ1) is 28.1. The van der Waals surface area contributed by atoms with Gasteiger partial charge in [0.1, 0.15) is 0 Å². The number of hydrogen-bond donors (Lipinski definition) is 3. The number of nitrogens with zero attached hydrogens (tertiary/aromatic N) is 1. The van der Waals surface area contributed by atoms with Crippen LogP contribution in [0.5, 0.6) is 0 Å². The van der Waals surface area contributed by atoms with E-state index in [-0.39, 0.29) is 12.1 Å². The predicted octanol–water partition coefficient (Wildman–Crippen LogP) is 8.39. The van der Waals surface area contributed by atoms with E-state index < -0.39 is 0 Å². The quantitative estimate of drug-likeness (QED) is 0.177. The third-order valence-corrected chi connectivity index (χ3v) is 7.30. The van der Waals surface area contributed by atoms with Crippen LogP contribution in [0.3, 0.4) is 0 Å². The number of aromatic nitrogens is 1. The molecule has 0 bridgehead atoms. The van der Waals surface area contributed by atoms with Crippen LogP contribution in [0.15, 0.2) is 91.0 Å². The maximum atomic E-state index is 12.7. The molecule has 39 heavy (non-hydrogen) atoms. The van der Waals surface area contributed by atoms with Gasteiger partial charge in [-0.15, -0.1) is 0 Å². The maximum Gasteiger partial charge on any atom is 0.321 e. The van der Waals surface area contributed by atoms with E-state index in [1.807, 2.05) is 92.7 Å². The van der Waals surface area contributed by atoms with Crippen LogP contribution in [0.4, 0.5) is 15.6 Å². The van der Waals surface area contributed by atoms with Crippen LogP contribution >= 0.6 is 34.5 Å². The number of anilines is 2. The van der Waals surface area contributed by atoms with Crippen molar-refractivity contribution in [2.45, 2.75) is 19.9 Å². The summed E-state index contributed by atoms with van der Waals surface area (Å²) in [6.45, 7) is 3.92. The monoisotopic (exact) mass is 576 g/mol. The Morgan fingerprint density at radius 1 is 0.897 bits per heavy atom. The molecule has 0 aliphatic rings. The van der Waals surface area contributed by atoms with Gasteiger partial charge in [0.05, 0.1) is 27.0 Å². The Morgan fingerprint density at radius 3 is 2.31 bits per heavy atom. The van der Waals surface area contributed by atoms with Crippen molar-refractivity contribution in [2.75, 3.05) is 10.6 Å². The fourth-order valence-corrected chi connectivity index (χ4v) is 5.24. The summed E-state index contributed by atoms with van der Waals surface area (Å²) < 4.78 is 1.05. The van der Waals surface area contributed by atoms with Gasteiger partial charge in [-0.25, -0.2) is 9.78 Å². The first-order chi connectivity index (χ1) is 18.8. The predicted molar refractivity (Wildman–Crippen MR) is 162 cm³/mol. The molecule has 9 heteroatoms. The molecule has 1 unspecified atom stereocenters. The van der Waals surface area contributed by atoms with Crippen molar-refractivity contribution in [2.24, 2.45) is 0 Å². The molecular weight excluding hydrogens is 551 g/mol. The molecule has 4 aromatic carbocycles. The largest absolute Gasteiger partial charge is 0.327 e. The Hall–Kier alpha value is -3.91. The molecule has 0 aliphatic heterocycles. The highest BCUT2D eigenvalue weighted by molar-refractivity contribution is 7.22. The lowest BCUT2D eigenvalue weighted by molar-refractivity contribution is -0.105. The third kappa shape index (κ3) is 7.57. The van der Waals surface area contributed by atoms with Gasteiger partial charge in [0.2, 0.25) is 6.41 Å². The number of carbonyl (C=O) groups is 2. The summed E-state index contributed by atoms with van der Waals surface area (Å²) in [6.07, 6.45) is 0.619. The number of amides is 3. The Morgan fingerprint density at radius 2 is 1.62 bits per heavy atom. The van der Waals surface area contributed by atoms with Gasteiger partial charge in [0, 0.05) is 5.02 Å². The van der Waals surface area contributed by atoms with Crippen molar-refractivity contribution in [1.29, 1.82) is 0 Å². The molecule has 3 N–H and O–H groups in total. The average Bonchev–Trinajstić information content (AvgIpc) is 3.32. The van der Waals surface area contributed by atoms with E-state index in [4.69, 9.17) is 23.2 Å². The zero-order valence-electron chi connectivity index (χ0n) is 21.2. The van der Waals surface area contributed by atoms with Gasteiger partial charge in [0.25, 0.3) is 0 Å². The van der Waals surface area contributed by atoms with Crippen molar-refractivity contribution >= 4 is 68.0 Å². The highest BCUT2D eigenvalue weighted by atomic mass is 35.5. The first-order valence-corrected chi connectivity index (χ1v) is 13.6. The summed E-state index contributed by atoms with van der Waals surface area (Å²) >= 11 is 13.3. The highest BCUT2D eigenvalue weighted by Gasteiger charge is 2.18. The number of para-hydroxylation sites is 1. The number of thiazole rings is 1. The van der Waals surface area contributed by atoms with Gasteiger partial charge in [-0.3, -0.25) is 10.1 Å². The number of halogens is 2. The SMILES string of the molecule is Cc1ccc2nc(NC(=O)NC(c3ccccc3)c3ccc(Cl)cc3)sc2c1.Cc1cccc(Cl)c1NC=O. The van der Waals surface area contributed by atoms with Crippen molar-refractivity contribution in [3.05, 3.63) is 123 Å². The summed E-state index contributed by atoms with van der Waals surface area (Å²) in [5, 5.41) is 10.2. The average molecular weight is 578 g/mol. The molecule has 3 amide bonds. The second-order valence-electron chi connectivity index (χ2n) is 8.68. The number of aryl methyl sites for hydroxylation is 2. The van der Waals surface area contributed by atoms with Crippen molar-refractivity contribution in [1.82, 2.24) is 10.3 Å². The van der Waals surface area contributed by atoms with Crippen molar-refractivity contribution in [3.8, 4) is 0 Å². The number of carbonyl (C=O) groups excluding carboxylic acids is 2. The molecule has 0 saturated heterocycles. The number of nitrogens with one attached hydrogen (secondary N) is 3. The molecule has 5 aromatic rings. The standard InChI is InChI=1S/C22H18ClN3OS.C8H8ClNO/c1-14-7-12-18-19(13-14)28-22(24-18)26-21(27)25-20(15-5-3-2-4-6-15)16-8-10-17(23)11-9-16;1-6-3-2-4-7(9)8(6)10-5-11/h2-13,20H,1H3,(H2,24,25,26,27);2-5H,1H3,(H,10,11). The minimum absolute atomic E-state index is 0.296. The Bertz CT molecular complexity index is 1550. The second kappa shape index (κ2) is 13.2. The fraction of sp³-hybridized carbons (Fsp3) is 0.100. The van der Waals surface area contributed by atoms with Crippen LogP contribution in [-0.2, 0) is 4.79 Å². The molecule has 198 valence electrons. The molecule has 1 atom stereocenters. The Kier molecular flexibility index (Phi) is 9.54. The molecule has 0 fully saturated rings. The summed E-state index contributed by atoms with van der Waals surface area (Å²) in [6, 6.07) is 28.2.